The standard InChI is InChI=1S/C20H15ClF3N3O/c21-15-7-12(1-4-16(15)23)8-19(28)26-5-6-27-11-25-20(18(27)10-26)14-3-2-13(22)9-17(14)24/h1-4,7,9,11H,5-6,8,10H2. The van der Waals surface area contributed by atoms with Gasteiger partial charge in [-0.05, 0) is 29.8 Å². The summed E-state index contributed by atoms with van der Waals surface area (Å²) >= 11 is 5.78. The van der Waals surface area contributed by atoms with Crippen LogP contribution in [0.1, 0.15) is 11.3 Å². The molecule has 0 bridgehead atoms. The predicted octanol–water partition coefficient (Wildman–Crippen LogP) is 4.21. The molecule has 2 aromatic carbocycles. The number of carbonyl (C=O) groups excluding carboxylic acids is 1. The fourth-order valence-electron chi connectivity index (χ4n) is 3.31. The van der Waals surface area contributed by atoms with Crippen LogP contribution < -0.4 is 0 Å². The molecule has 1 aliphatic rings. The predicted molar refractivity (Wildman–Crippen MR) is 98.1 cm³/mol. The van der Waals surface area contributed by atoms with E-state index in [1.54, 1.807) is 11.2 Å². The molecular formula is C20H15ClF3N3O. The Morgan fingerprint density at radius 1 is 1.07 bits per heavy atom. The maximum absolute atomic E-state index is 14.2. The number of benzene rings is 2. The zero-order valence-corrected chi connectivity index (χ0v) is 15.4. The lowest BCUT2D eigenvalue weighted by molar-refractivity contribution is -0.131. The molecule has 0 spiro atoms. The van der Waals surface area contributed by atoms with E-state index < -0.39 is 17.5 Å². The van der Waals surface area contributed by atoms with Crippen LogP contribution >= 0.6 is 11.6 Å². The second-order valence-electron chi connectivity index (χ2n) is 6.60. The number of rotatable bonds is 3. The van der Waals surface area contributed by atoms with Gasteiger partial charge in [0.2, 0.25) is 5.91 Å². The van der Waals surface area contributed by atoms with E-state index in [0.29, 0.717) is 30.0 Å². The lowest BCUT2D eigenvalue weighted by Crippen LogP contribution is -2.39. The minimum atomic E-state index is -0.703. The second kappa shape index (κ2) is 7.31. The van der Waals surface area contributed by atoms with Gasteiger partial charge in [-0.2, -0.15) is 0 Å². The number of hydrogen-bond acceptors (Lipinski definition) is 2. The molecule has 0 radical (unpaired) electrons. The Kier molecular flexibility index (Phi) is 4.85. The van der Waals surface area contributed by atoms with Gasteiger partial charge in [0, 0.05) is 24.7 Å². The molecule has 0 unspecified atom stereocenters. The first-order chi connectivity index (χ1) is 13.4. The van der Waals surface area contributed by atoms with Crippen molar-refractivity contribution in [3.05, 3.63) is 76.5 Å². The van der Waals surface area contributed by atoms with Gasteiger partial charge in [0.05, 0.1) is 35.7 Å². The molecular weight excluding hydrogens is 391 g/mol. The van der Waals surface area contributed by atoms with E-state index in [-0.39, 0.29) is 29.5 Å². The molecule has 28 heavy (non-hydrogen) atoms. The minimum Gasteiger partial charge on any atom is -0.335 e. The first-order valence-corrected chi connectivity index (χ1v) is 9.01. The topological polar surface area (TPSA) is 38.1 Å². The Morgan fingerprint density at radius 2 is 1.89 bits per heavy atom. The summed E-state index contributed by atoms with van der Waals surface area (Å²) in [5.41, 5.74) is 1.87. The Bertz CT molecular complexity index is 1070. The average molecular weight is 406 g/mol. The molecule has 0 saturated carbocycles. The highest BCUT2D eigenvalue weighted by Gasteiger charge is 2.25. The van der Waals surface area contributed by atoms with E-state index in [4.69, 9.17) is 11.6 Å². The van der Waals surface area contributed by atoms with Gasteiger partial charge in [-0.25, -0.2) is 18.2 Å². The molecule has 0 saturated heterocycles. The van der Waals surface area contributed by atoms with Crippen LogP contribution in [0.2, 0.25) is 5.02 Å². The number of carbonyl (C=O) groups is 1. The normalized spacial score (nSPS) is 13.5. The molecule has 0 aliphatic carbocycles. The summed E-state index contributed by atoms with van der Waals surface area (Å²) in [6, 6.07) is 7.51. The summed E-state index contributed by atoms with van der Waals surface area (Å²) < 4.78 is 42.5. The van der Waals surface area contributed by atoms with Crippen molar-refractivity contribution >= 4 is 17.5 Å². The highest BCUT2D eigenvalue weighted by Crippen LogP contribution is 2.28. The first-order valence-electron chi connectivity index (χ1n) is 8.63. The summed E-state index contributed by atoms with van der Waals surface area (Å²) in [7, 11) is 0. The molecule has 0 fully saturated rings. The average Bonchev–Trinajstić information content (AvgIpc) is 3.08. The van der Waals surface area contributed by atoms with E-state index in [1.807, 2.05) is 4.57 Å². The van der Waals surface area contributed by atoms with Gasteiger partial charge in [-0.15, -0.1) is 0 Å². The molecule has 1 amide bonds. The summed E-state index contributed by atoms with van der Waals surface area (Å²) in [6.07, 6.45) is 1.67. The van der Waals surface area contributed by atoms with Gasteiger partial charge < -0.3 is 9.47 Å². The molecule has 144 valence electrons. The van der Waals surface area contributed by atoms with Gasteiger partial charge >= 0.3 is 0 Å². The van der Waals surface area contributed by atoms with Gasteiger partial charge in [0.15, 0.2) is 0 Å². The number of hydrogen-bond donors (Lipinski definition) is 0. The van der Waals surface area contributed by atoms with Crippen LogP contribution in [0, 0.1) is 17.5 Å². The van der Waals surface area contributed by atoms with Crippen LogP contribution in [0.3, 0.4) is 0 Å². The zero-order valence-electron chi connectivity index (χ0n) is 14.6. The summed E-state index contributed by atoms with van der Waals surface area (Å²) in [6.45, 7) is 1.24. The van der Waals surface area contributed by atoms with Gasteiger partial charge in [0.25, 0.3) is 0 Å². The number of halogens is 4. The van der Waals surface area contributed by atoms with E-state index in [0.717, 1.165) is 6.07 Å². The van der Waals surface area contributed by atoms with E-state index in [2.05, 4.69) is 4.98 Å². The van der Waals surface area contributed by atoms with E-state index in [1.165, 1.54) is 30.3 Å². The minimum absolute atomic E-state index is 0.0314. The third-order valence-electron chi connectivity index (χ3n) is 4.78. The fraction of sp³-hybridized carbons (Fsp3) is 0.200. The van der Waals surface area contributed by atoms with Crippen molar-refractivity contribution in [3.63, 3.8) is 0 Å². The Labute approximate surface area is 164 Å². The van der Waals surface area contributed by atoms with E-state index >= 15 is 0 Å². The van der Waals surface area contributed by atoms with Crippen LogP contribution in [0.5, 0.6) is 0 Å². The van der Waals surface area contributed by atoms with Crippen LogP contribution in [0.25, 0.3) is 11.3 Å². The van der Waals surface area contributed by atoms with Crippen molar-refractivity contribution in [1.82, 2.24) is 14.5 Å². The summed E-state index contributed by atoms with van der Waals surface area (Å²) in [4.78, 5) is 18.6. The zero-order chi connectivity index (χ0) is 19.8. The van der Waals surface area contributed by atoms with Crippen LogP contribution in [0.4, 0.5) is 13.2 Å². The third-order valence-corrected chi connectivity index (χ3v) is 5.07. The largest absolute Gasteiger partial charge is 0.335 e. The SMILES string of the molecule is O=C(Cc1ccc(F)c(Cl)c1)N1CCn2cnc(-c3ccc(F)cc3F)c2C1. The lowest BCUT2D eigenvalue weighted by atomic mass is 10.1. The van der Waals surface area contributed by atoms with Crippen molar-refractivity contribution in [3.8, 4) is 11.3 Å². The third kappa shape index (κ3) is 3.49. The molecule has 2 heterocycles. The fourth-order valence-corrected chi connectivity index (χ4v) is 3.51. The molecule has 0 N–H and O–H groups in total. The maximum atomic E-state index is 14.2. The van der Waals surface area contributed by atoms with Crippen molar-refractivity contribution < 1.29 is 18.0 Å². The number of fused-ring (bicyclic) bond motifs is 1. The molecule has 1 aromatic heterocycles. The molecule has 4 nitrogen and oxygen atoms in total. The molecule has 1 aliphatic heterocycles. The van der Waals surface area contributed by atoms with Gasteiger partial charge in [-0.1, -0.05) is 17.7 Å². The molecule has 3 aromatic rings. The highest BCUT2D eigenvalue weighted by molar-refractivity contribution is 6.30. The van der Waals surface area contributed by atoms with Crippen molar-refractivity contribution in [2.45, 2.75) is 19.5 Å². The first kappa shape index (κ1) is 18.6. The quantitative estimate of drug-likeness (QED) is 0.655. The Balaban J connectivity index is 1.56. The summed E-state index contributed by atoms with van der Waals surface area (Å²) in [5.74, 6) is -2.05. The number of imidazole rings is 1. The van der Waals surface area contributed by atoms with Crippen LogP contribution in [0.15, 0.2) is 42.7 Å². The highest BCUT2D eigenvalue weighted by atomic mass is 35.5. The van der Waals surface area contributed by atoms with Crippen molar-refractivity contribution in [2.24, 2.45) is 0 Å². The number of nitrogens with zero attached hydrogens (tertiary/aromatic N) is 3. The smallest absolute Gasteiger partial charge is 0.227 e. The summed E-state index contributed by atoms with van der Waals surface area (Å²) in [5, 5.41) is -0.0314. The Hall–Kier alpha value is -2.80. The van der Waals surface area contributed by atoms with Gasteiger partial charge in [-0.3, -0.25) is 4.79 Å². The van der Waals surface area contributed by atoms with Crippen LogP contribution in [-0.4, -0.2) is 26.9 Å². The molecule has 8 heteroatoms. The monoisotopic (exact) mass is 405 g/mol. The maximum Gasteiger partial charge on any atom is 0.227 e. The number of amides is 1. The van der Waals surface area contributed by atoms with Crippen molar-refractivity contribution in [2.75, 3.05) is 6.54 Å². The molecule has 4 rings (SSSR count). The number of aromatic nitrogens is 2. The molecule has 0 atom stereocenters. The van der Waals surface area contributed by atoms with Crippen molar-refractivity contribution in [1.29, 1.82) is 0 Å². The van der Waals surface area contributed by atoms with Gasteiger partial charge in [0.1, 0.15) is 17.5 Å². The second-order valence-corrected chi connectivity index (χ2v) is 7.01. The van der Waals surface area contributed by atoms with Crippen LogP contribution in [-0.2, 0) is 24.3 Å². The Morgan fingerprint density at radius 3 is 2.64 bits per heavy atom. The van der Waals surface area contributed by atoms with E-state index in [9.17, 15) is 18.0 Å². The lowest BCUT2D eigenvalue weighted by Gasteiger charge is -2.29.